The number of aromatic nitrogens is 3. The number of hydrogen-bond acceptors (Lipinski definition) is 3. The first kappa shape index (κ1) is 11.1. The monoisotopic (exact) mass is 237 g/mol. The van der Waals surface area contributed by atoms with Gasteiger partial charge in [0.05, 0.1) is 23.5 Å². The first-order valence-electron chi connectivity index (χ1n) is 4.90. The number of rotatable bonds is 2. The van der Waals surface area contributed by atoms with Gasteiger partial charge in [0, 0.05) is 6.20 Å². The largest absolute Gasteiger partial charge is 0.392 e. The molecule has 0 aliphatic rings. The van der Waals surface area contributed by atoms with Gasteiger partial charge in [-0.05, 0) is 31.0 Å². The van der Waals surface area contributed by atoms with Gasteiger partial charge >= 0.3 is 0 Å². The van der Waals surface area contributed by atoms with Crippen LogP contribution in [0.5, 0.6) is 0 Å². The van der Waals surface area contributed by atoms with Crippen molar-refractivity contribution in [1.82, 2.24) is 14.8 Å². The third-order valence-electron chi connectivity index (χ3n) is 2.35. The fourth-order valence-corrected chi connectivity index (χ4v) is 1.63. The van der Waals surface area contributed by atoms with E-state index in [-0.39, 0.29) is 6.61 Å². The third-order valence-corrected chi connectivity index (χ3v) is 2.72. The zero-order valence-electron chi connectivity index (χ0n) is 9.11. The summed E-state index contributed by atoms with van der Waals surface area (Å²) >= 11 is 5.94. The second-order valence-corrected chi connectivity index (χ2v) is 4.06. The Bertz CT molecular complexity index is 502. The van der Waals surface area contributed by atoms with E-state index in [1.165, 1.54) is 0 Å². The zero-order chi connectivity index (χ0) is 11.7. The molecule has 2 heterocycles. The molecule has 2 rings (SSSR count). The molecule has 0 saturated heterocycles. The molecule has 2 aromatic heterocycles. The maximum Gasteiger partial charge on any atom is 0.156 e. The maximum absolute atomic E-state index is 8.99. The fourth-order valence-electron chi connectivity index (χ4n) is 1.50. The molecule has 0 radical (unpaired) electrons. The van der Waals surface area contributed by atoms with E-state index in [1.54, 1.807) is 17.1 Å². The van der Waals surface area contributed by atoms with Gasteiger partial charge in [0.2, 0.25) is 0 Å². The lowest BCUT2D eigenvalue weighted by Gasteiger charge is -2.05. The molecule has 2 aromatic rings. The molecule has 0 atom stereocenters. The van der Waals surface area contributed by atoms with Crippen LogP contribution in [0.4, 0.5) is 0 Å². The van der Waals surface area contributed by atoms with Crippen LogP contribution >= 0.6 is 11.6 Å². The Balaban J connectivity index is 2.48. The number of pyridine rings is 1. The van der Waals surface area contributed by atoms with E-state index in [0.717, 1.165) is 22.6 Å². The van der Waals surface area contributed by atoms with E-state index in [9.17, 15) is 0 Å². The Hall–Kier alpha value is -1.39. The minimum atomic E-state index is -0.00693. The summed E-state index contributed by atoms with van der Waals surface area (Å²) < 4.78 is 1.65. The summed E-state index contributed by atoms with van der Waals surface area (Å²) in [6.45, 7) is 3.76. The summed E-state index contributed by atoms with van der Waals surface area (Å²) in [6, 6.07) is 1.88. The first-order chi connectivity index (χ1) is 7.61. The highest BCUT2D eigenvalue weighted by Crippen LogP contribution is 2.17. The van der Waals surface area contributed by atoms with Gasteiger partial charge in [0.15, 0.2) is 5.82 Å². The van der Waals surface area contributed by atoms with Crippen molar-refractivity contribution >= 4 is 11.6 Å². The average molecular weight is 238 g/mol. The van der Waals surface area contributed by atoms with E-state index in [2.05, 4.69) is 10.1 Å². The van der Waals surface area contributed by atoms with Crippen molar-refractivity contribution in [2.45, 2.75) is 20.5 Å². The molecule has 0 unspecified atom stereocenters. The molecule has 0 amide bonds. The molecule has 5 heteroatoms. The molecule has 84 valence electrons. The molecule has 0 bridgehead atoms. The lowest BCUT2D eigenvalue weighted by Crippen LogP contribution is -2.02. The molecule has 0 aromatic carbocycles. The van der Waals surface area contributed by atoms with E-state index in [4.69, 9.17) is 16.7 Å². The van der Waals surface area contributed by atoms with Crippen LogP contribution in [0.2, 0.25) is 5.02 Å². The second-order valence-electron chi connectivity index (χ2n) is 3.65. The standard InChI is InChI=1S/C11H12ClN3O/c1-7-3-9(6-16)4-13-11(7)15-5-10(12)8(2)14-15/h3-5,16H,6H2,1-2H3. The number of aliphatic hydroxyl groups is 1. The normalized spacial score (nSPS) is 10.8. The lowest BCUT2D eigenvalue weighted by molar-refractivity contribution is 0.281. The van der Waals surface area contributed by atoms with Crippen LogP contribution in [0.15, 0.2) is 18.5 Å². The van der Waals surface area contributed by atoms with Gasteiger partial charge in [0.1, 0.15) is 0 Å². The Morgan fingerprint density at radius 1 is 1.44 bits per heavy atom. The highest BCUT2D eigenvalue weighted by Gasteiger charge is 2.08. The Labute approximate surface area is 98.5 Å². The molecule has 0 fully saturated rings. The minimum absolute atomic E-state index is 0.00693. The fraction of sp³-hybridized carbons (Fsp3) is 0.273. The Morgan fingerprint density at radius 3 is 2.69 bits per heavy atom. The summed E-state index contributed by atoms with van der Waals surface area (Å²) in [5, 5.41) is 13.9. The summed E-state index contributed by atoms with van der Waals surface area (Å²) in [6.07, 6.45) is 3.36. The number of aryl methyl sites for hydroxylation is 2. The highest BCUT2D eigenvalue weighted by atomic mass is 35.5. The van der Waals surface area contributed by atoms with E-state index >= 15 is 0 Å². The SMILES string of the molecule is Cc1cc(CO)cnc1-n1cc(Cl)c(C)n1. The molecule has 0 spiro atoms. The van der Waals surface area contributed by atoms with E-state index < -0.39 is 0 Å². The van der Waals surface area contributed by atoms with Crippen molar-refractivity contribution in [3.63, 3.8) is 0 Å². The molecular formula is C11H12ClN3O. The quantitative estimate of drug-likeness (QED) is 0.870. The van der Waals surface area contributed by atoms with E-state index in [1.807, 2.05) is 19.9 Å². The smallest absolute Gasteiger partial charge is 0.156 e. The van der Waals surface area contributed by atoms with Crippen molar-refractivity contribution in [2.24, 2.45) is 0 Å². The van der Waals surface area contributed by atoms with Gasteiger partial charge in [-0.1, -0.05) is 11.6 Å². The van der Waals surface area contributed by atoms with Crippen LogP contribution in [0, 0.1) is 13.8 Å². The summed E-state index contributed by atoms with van der Waals surface area (Å²) in [5.41, 5.74) is 2.51. The third kappa shape index (κ3) is 1.94. The van der Waals surface area contributed by atoms with Gasteiger partial charge in [-0.25, -0.2) is 9.67 Å². The van der Waals surface area contributed by atoms with Crippen molar-refractivity contribution in [3.8, 4) is 5.82 Å². The zero-order valence-corrected chi connectivity index (χ0v) is 9.86. The minimum Gasteiger partial charge on any atom is -0.392 e. The topological polar surface area (TPSA) is 50.9 Å². The molecule has 1 N–H and O–H groups in total. The molecule has 0 saturated carbocycles. The second kappa shape index (κ2) is 4.23. The van der Waals surface area contributed by atoms with Crippen LogP contribution in [0.25, 0.3) is 5.82 Å². The van der Waals surface area contributed by atoms with Crippen LogP contribution in [0.1, 0.15) is 16.8 Å². The first-order valence-corrected chi connectivity index (χ1v) is 5.28. The molecular weight excluding hydrogens is 226 g/mol. The maximum atomic E-state index is 8.99. The van der Waals surface area contributed by atoms with Crippen molar-refractivity contribution in [2.75, 3.05) is 0 Å². The van der Waals surface area contributed by atoms with E-state index in [0.29, 0.717) is 5.02 Å². The van der Waals surface area contributed by atoms with Gasteiger partial charge < -0.3 is 5.11 Å². The average Bonchev–Trinajstić information content (AvgIpc) is 2.58. The summed E-state index contributed by atoms with van der Waals surface area (Å²) in [5.74, 6) is 0.729. The molecule has 16 heavy (non-hydrogen) atoms. The predicted molar refractivity (Wildman–Crippen MR) is 61.8 cm³/mol. The Kier molecular flexibility index (Phi) is 2.94. The number of aliphatic hydroxyl groups excluding tert-OH is 1. The van der Waals surface area contributed by atoms with Gasteiger partial charge in [-0.2, -0.15) is 5.10 Å². The molecule has 0 aliphatic carbocycles. The van der Waals surface area contributed by atoms with Crippen molar-refractivity contribution in [3.05, 3.63) is 40.3 Å². The van der Waals surface area contributed by atoms with Gasteiger partial charge in [-0.15, -0.1) is 0 Å². The summed E-state index contributed by atoms with van der Waals surface area (Å²) in [4.78, 5) is 4.26. The number of halogens is 1. The summed E-state index contributed by atoms with van der Waals surface area (Å²) in [7, 11) is 0. The highest BCUT2D eigenvalue weighted by molar-refractivity contribution is 6.31. The van der Waals surface area contributed by atoms with Crippen molar-refractivity contribution in [1.29, 1.82) is 0 Å². The van der Waals surface area contributed by atoms with Crippen LogP contribution in [-0.4, -0.2) is 19.9 Å². The van der Waals surface area contributed by atoms with Crippen molar-refractivity contribution < 1.29 is 5.11 Å². The Morgan fingerprint density at radius 2 is 2.19 bits per heavy atom. The van der Waals surface area contributed by atoms with Gasteiger partial charge in [0.25, 0.3) is 0 Å². The molecule has 4 nitrogen and oxygen atoms in total. The van der Waals surface area contributed by atoms with Crippen LogP contribution in [-0.2, 0) is 6.61 Å². The van der Waals surface area contributed by atoms with Crippen LogP contribution < -0.4 is 0 Å². The van der Waals surface area contributed by atoms with Crippen LogP contribution in [0.3, 0.4) is 0 Å². The number of nitrogens with zero attached hydrogens (tertiary/aromatic N) is 3. The predicted octanol–water partition coefficient (Wildman–Crippen LogP) is 2.03. The number of hydrogen-bond donors (Lipinski definition) is 1. The van der Waals surface area contributed by atoms with Gasteiger partial charge in [-0.3, -0.25) is 0 Å². The lowest BCUT2D eigenvalue weighted by atomic mass is 10.2. The molecule has 0 aliphatic heterocycles.